The van der Waals surface area contributed by atoms with Crippen molar-refractivity contribution in [3.8, 4) is 0 Å². The van der Waals surface area contributed by atoms with Crippen molar-refractivity contribution in [3.63, 3.8) is 0 Å². The van der Waals surface area contributed by atoms with Crippen molar-refractivity contribution >= 4 is 23.8 Å². The molecule has 0 aliphatic heterocycles. The Hall–Kier alpha value is -1.13. The zero-order valence-electron chi connectivity index (χ0n) is 8.20. The third kappa shape index (κ3) is 2.27. The number of rotatable bonds is 2. The maximum atomic E-state index is 6.05. The minimum absolute atomic E-state index is 0.553. The largest absolute Gasteiger partial charge is 0.283 e. The van der Waals surface area contributed by atoms with Gasteiger partial charge in [-0.25, -0.2) is 4.98 Å². The lowest BCUT2D eigenvalue weighted by atomic mass is 10.1. The Morgan fingerprint density at radius 2 is 2.20 bits per heavy atom. The summed E-state index contributed by atoms with van der Waals surface area (Å²) >= 11 is 11.1. The van der Waals surface area contributed by atoms with Crippen LogP contribution in [-0.4, -0.2) is 14.8 Å². The molecule has 3 nitrogen and oxygen atoms in total. The fraction of sp³-hybridized carbons (Fsp3) is 0.200. The van der Waals surface area contributed by atoms with Crippen molar-refractivity contribution in [2.24, 2.45) is 7.05 Å². The van der Waals surface area contributed by atoms with Gasteiger partial charge in [-0.15, -0.1) is 0 Å². The molecule has 0 aliphatic carbocycles. The van der Waals surface area contributed by atoms with Gasteiger partial charge in [0.1, 0.15) is 5.82 Å². The fourth-order valence-electron chi connectivity index (χ4n) is 1.36. The van der Waals surface area contributed by atoms with Crippen molar-refractivity contribution in [1.29, 1.82) is 0 Å². The first-order valence-electron chi connectivity index (χ1n) is 4.52. The van der Waals surface area contributed by atoms with Crippen LogP contribution in [0.2, 0.25) is 5.02 Å². The molecule has 0 spiro atoms. The number of aromatic amines is 1. The first-order chi connectivity index (χ1) is 7.16. The molecule has 0 saturated heterocycles. The summed E-state index contributed by atoms with van der Waals surface area (Å²) in [6.07, 6.45) is 0.671. The minimum Gasteiger partial charge on any atom is -0.283 e. The smallest absolute Gasteiger partial charge is 0.215 e. The van der Waals surface area contributed by atoms with Crippen LogP contribution in [0.3, 0.4) is 0 Å². The third-order valence-electron chi connectivity index (χ3n) is 2.13. The molecule has 78 valence electrons. The van der Waals surface area contributed by atoms with Crippen LogP contribution in [-0.2, 0) is 13.5 Å². The van der Waals surface area contributed by atoms with E-state index in [1.54, 1.807) is 4.68 Å². The molecule has 1 N–H and O–H groups in total. The molecule has 0 radical (unpaired) electrons. The Balaban J connectivity index is 2.30. The maximum absolute atomic E-state index is 6.05. The van der Waals surface area contributed by atoms with Gasteiger partial charge in [0.25, 0.3) is 0 Å². The Morgan fingerprint density at radius 3 is 2.80 bits per heavy atom. The molecule has 0 aliphatic rings. The number of halogens is 1. The molecule has 1 heterocycles. The lowest BCUT2D eigenvalue weighted by Crippen LogP contribution is -1.94. The van der Waals surface area contributed by atoms with Crippen LogP contribution in [0.4, 0.5) is 0 Å². The molecular formula is C10H10ClN3S. The zero-order valence-corrected chi connectivity index (χ0v) is 9.77. The van der Waals surface area contributed by atoms with E-state index in [1.807, 2.05) is 31.3 Å². The second-order valence-electron chi connectivity index (χ2n) is 3.28. The van der Waals surface area contributed by atoms with E-state index in [4.69, 9.17) is 23.8 Å². The molecular weight excluding hydrogens is 230 g/mol. The van der Waals surface area contributed by atoms with Gasteiger partial charge in [-0.05, 0) is 23.8 Å². The summed E-state index contributed by atoms with van der Waals surface area (Å²) < 4.78 is 2.26. The van der Waals surface area contributed by atoms with Gasteiger partial charge < -0.3 is 0 Å². The first-order valence-corrected chi connectivity index (χ1v) is 5.31. The van der Waals surface area contributed by atoms with Crippen molar-refractivity contribution < 1.29 is 0 Å². The molecule has 2 aromatic rings. The van der Waals surface area contributed by atoms with E-state index >= 15 is 0 Å². The van der Waals surface area contributed by atoms with Crippen molar-refractivity contribution in [2.45, 2.75) is 6.42 Å². The number of nitrogens with one attached hydrogen (secondary N) is 1. The van der Waals surface area contributed by atoms with Crippen LogP contribution in [0.15, 0.2) is 24.3 Å². The van der Waals surface area contributed by atoms with Gasteiger partial charge in [-0.2, -0.15) is 0 Å². The van der Waals surface area contributed by atoms with Crippen LogP contribution in [0.5, 0.6) is 0 Å². The summed E-state index contributed by atoms with van der Waals surface area (Å²) in [6.45, 7) is 0. The number of hydrogen-bond acceptors (Lipinski definition) is 2. The average Bonchev–Trinajstić information content (AvgIpc) is 2.50. The van der Waals surface area contributed by atoms with Crippen LogP contribution >= 0.6 is 23.8 Å². The fourth-order valence-corrected chi connectivity index (χ4v) is 1.72. The molecule has 0 bridgehead atoms. The van der Waals surface area contributed by atoms with E-state index in [0.29, 0.717) is 11.2 Å². The quantitative estimate of drug-likeness (QED) is 0.818. The second-order valence-corrected chi connectivity index (χ2v) is 4.05. The van der Waals surface area contributed by atoms with Gasteiger partial charge in [0.2, 0.25) is 4.77 Å². The van der Waals surface area contributed by atoms with E-state index in [0.717, 1.165) is 16.4 Å². The van der Waals surface area contributed by atoms with Crippen LogP contribution in [0, 0.1) is 4.77 Å². The van der Waals surface area contributed by atoms with Gasteiger partial charge in [-0.3, -0.25) is 9.78 Å². The van der Waals surface area contributed by atoms with Crippen LogP contribution in [0.1, 0.15) is 11.4 Å². The third-order valence-corrected chi connectivity index (χ3v) is 2.86. The Morgan fingerprint density at radius 1 is 1.47 bits per heavy atom. The van der Waals surface area contributed by atoms with Crippen LogP contribution < -0.4 is 0 Å². The van der Waals surface area contributed by atoms with Crippen molar-refractivity contribution in [1.82, 2.24) is 14.8 Å². The van der Waals surface area contributed by atoms with E-state index in [-0.39, 0.29) is 0 Å². The predicted molar refractivity (Wildman–Crippen MR) is 62.7 cm³/mol. The molecule has 1 aromatic carbocycles. The summed E-state index contributed by atoms with van der Waals surface area (Å²) in [4.78, 5) is 4.21. The summed E-state index contributed by atoms with van der Waals surface area (Å²) in [5.41, 5.74) is 1.04. The minimum atomic E-state index is 0.553. The SMILES string of the molecule is Cn1[nH]c(Cc2ccccc2Cl)nc1=S. The highest BCUT2D eigenvalue weighted by Crippen LogP contribution is 2.17. The molecule has 1 aromatic heterocycles. The first kappa shape index (κ1) is 10.4. The number of hydrogen-bond donors (Lipinski definition) is 1. The monoisotopic (exact) mass is 239 g/mol. The van der Waals surface area contributed by atoms with Gasteiger partial charge in [0, 0.05) is 18.5 Å². The molecule has 0 saturated carbocycles. The highest BCUT2D eigenvalue weighted by atomic mass is 35.5. The Kier molecular flexibility index (Phi) is 2.88. The molecule has 0 unspecified atom stereocenters. The van der Waals surface area contributed by atoms with E-state index < -0.39 is 0 Å². The number of aryl methyl sites for hydroxylation is 1. The molecule has 0 fully saturated rings. The predicted octanol–water partition coefficient (Wildman–Crippen LogP) is 2.72. The number of nitrogens with zero attached hydrogens (tertiary/aromatic N) is 2. The highest BCUT2D eigenvalue weighted by molar-refractivity contribution is 7.71. The van der Waals surface area contributed by atoms with Gasteiger partial charge >= 0.3 is 0 Å². The number of benzene rings is 1. The standard InChI is InChI=1S/C10H10ClN3S/c1-14-10(15)12-9(13-14)6-7-4-2-3-5-8(7)11/h2-5H,6H2,1H3,(H,12,13,15). The second kappa shape index (κ2) is 4.16. The highest BCUT2D eigenvalue weighted by Gasteiger charge is 2.04. The Bertz CT molecular complexity index is 529. The van der Waals surface area contributed by atoms with Gasteiger partial charge in [0.05, 0.1) is 0 Å². The average molecular weight is 240 g/mol. The molecule has 15 heavy (non-hydrogen) atoms. The normalized spacial score (nSPS) is 10.5. The molecule has 0 amide bonds. The lowest BCUT2D eigenvalue weighted by molar-refractivity contribution is 0.740. The number of H-pyrrole nitrogens is 1. The van der Waals surface area contributed by atoms with E-state index in [1.165, 1.54) is 0 Å². The van der Waals surface area contributed by atoms with E-state index in [2.05, 4.69) is 10.1 Å². The van der Waals surface area contributed by atoms with E-state index in [9.17, 15) is 0 Å². The van der Waals surface area contributed by atoms with Gasteiger partial charge in [-0.1, -0.05) is 29.8 Å². The Labute approximate surface area is 97.7 Å². The van der Waals surface area contributed by atoms with Crippen molar-refractivity contribution in [3.05, 3.63) is 45.4 Å². The molecule has 2 rings (SSSR count). The molecule has 5 heteroatoms. The topological polar surface area (TPSA) is 33.6 Å². The summed E-state index contributed by atoms with van der Waals surface area (Å²) in [6, 6.07) is 7.72. The maximum Gasteiger partial charge on any atom is 0.215 e. The summed E-state index contributed by atoms with van der Waals surface area (Å²) in [5, 5.41) is 3.82. The lowest BCUT2D eigenvalue weighted by Gasteiger charge is -2.00. The summed E-state index contributed by atoms with van der Waals surface area (Å²) in [5.74, 6) is 0.829. The number of aromatic nitrogens is 3. The molecule has 0 atom stereocenters. The summed E-state index contributed by atoms with van der Waals surface area (Å²) in [7, 11) is 1.84. The van der Waals surface area contributed by atoms with Crippen LogP contribution in [0.25, 0.3) is 0 Å². The van der Waals surface area contributed by atoms with Gasteiger partial charge in [0.15, 0.2) is 0 Å². The van der Waals surface area contributed by atoms with Crippen molar-refractivity contribution in [2.75, 3.05) is 0 Å². The zero-order chi connectivity index (χ0) is 10.8.